The fourth-order valence-electron chi connectivity index (χ4n) is 3.09. The fraction of sp³-hybridized carbons (Fsp3) is 0.611. The molecule has 0 aromatic heterocycles. The van der Waals surface area contributed by atoms with E-state index in [4.69, 9.17) is 12.2 Å². The predicted octanol–water partition coefficient (Wildman–Crippen LogP) is 3.86. The number of benzene rings is 1. The summed E-state index contributed by atoms with van der Waals surface area (Å²) in [4.78, 5) is 2.59. The molecule has 4 heteroatoms. The van der Waals surface area contributed by atoms with Crippen molar-refractivity contribution in [2.24, 2.45) is 0 Å². The monoisotopic (exact) mass is 319 g/mol. The highest BCUT2D eigenvalue weighted by atomic mass is 32.1. The molecule has 1 aliphatic heterocycles. The van der Waals surface area contributed by atoms with Crippen molar-refractivity contribution in [1.82, 2.24) is 10.2 Å². The zero-order chi connectivity index (χ0) is 15.8. The Morgan fingerprint density at radius 2 is 1.68 bits per heavy atom. The summed E-state index contributed by atoms with van der Waals surface area (Å²) in [6.45, 7) is 8.87. The van der Waals surface area contributed by atoms with Gasteiger partial charge < -0.3 is 15.5 Å². The third kappa shape index (κ3) is 6.32. The van der Waals surface area contributed by atoms with Gasteiger partial charge in [0.2, 0.25) is 0 Å². The number of aryl methyl sites for hydroxylation is 2. The molecule has 122 valence electrons. The lowest BCUT2D eigenvalue weighted by molar-refractivity contribution is 0.282. The van der Waals surface area contributed by atoms with Gasteiger partial charge in [-0.3, -0.25) is 0 Å². The average molecular weight is 320 g/mol. The Bertz CT molecular complexity index is 459. The summed E-state index contributed by atoms with van der Waals surface area (Å²) < 4.78 is 0. The van der Waals surface area contributed by atoms with Gasteiger partial charge in [0.05, 0.1) is 0 Å². The van der Waals surface area contributed by atoms with Crippen LogP contribution in [0.25, 0.3) is 0 Å². The Balaban J connectivity index is 1.65. The maximum absolute atomic E-state index is 5.38. The summed E-state index contributed by atoms with van der Waals surface area (Å²) in [5.74, 6) is 0. The first kappa shape index (κ1) is 17.2. The van der Waals surface area contributed by atoms with E-state index in [1.54, 1.807) is 0 Å². The summed E-state index contributed by atoms with van der Waals surface area (Å²) in [7, 11) is 0. The van der Waals surface area contributed by atoms with Crippen LogP contribution in [-0.4, -0.2) is 36.2 Å². The molecule has 22 heavy (non-hydrogen) atoms. The number of anilines is 1. The van der Waals surface area contributed by atoms with Gasteiger partial charge in [0.15, 0.2) is 5.11 Å². The largest absolute Gasteiger partial charge is 0.362 e. The Kier molecular flexibility index (Phi) is 7.13. The van der Waals surface area contributed by atoms with Crippen LogP contribution in [0, 0.1) is 13.8 Å². The molecule has 0 unspecified atom stereocenters. The number of rotatable bonds is 5. The van der Waals surface area contributed by atoms with Crippen molar-refractivity contribution in [2.45, 2.75) is 46.0 Å². The summed E-state index contributed by atoms with van der Waals surface area (Å²) >= 11 is 5.38. The quantitative estimate of drug-likeness (QED) is 0.637. The van der Waals surface area contributed by atoms with Gasteiger partial charge in [-0.2, -0.15) is 0 Å². The summed E-state index contributed by atoms with van der Waals surface area (Å²) in [5.41, 5.74) is 3.58. The molecule has 0 atom stereocenters. The number of hydrogen-bond donors (Lipinski definition) is 2. The van der Waals surface area contributed by atoms with E-state index in [-0.39, 0.29) is 0 Å². The van der Waals surface area contributed by atoms with Gasteiger partial charge in [-0.05, 0) is 88.2 Å². The fourth-order valence-corrected chi connectivity index (χ4v) is 3.31. The second kappa shape index (κ2) is 9.11. The molecule has 1 saturated heterocycles. The zero-order valence-electron chi connectivity index (χ0n) is 14.0. The van der Waals surface area contributed by atoms with Crippen molar-refractivity contribution in [2.75, 3.05) is 31.5 Å². The molecule has 0 radical (unpaired) electrons. The second-order valence-corrected chi connectivity index (χ2v) is 6.77. The molecule has 0 amide bonds. The molecule has 1 heterocycles. The standard InChI is InChI=1S/C18H29N3S/c1-15-12-16(2)14-17(13-15)20-18(22)19-8-7-11-21-9-5-3-4-6-10-21/h12-14H,3-11H2,1-2H3,(H2,19,20,22). The van der Waals surface area contributed by atoms with Gasteiger partial charge in [0, 0.05) is 12.2 Å². The van der Waals surface area contributed by atoms with E-state index in [1.807, 2.05) is 0 Å². The molecule has 2 N–H and O–H groups in total. The minimum Gasteiger partial charge on any atom is -0.362 e. The van der Waals surface area contributed by atoms with E-state index in [0.717, 1.165) is 23.8 Å². The van der Waals surface area contributed by atoms with Gasteiger partial charge in [-0.25, -0.2) is 0 Å². The lowest BCUT2D eigenvalue weighted by atomic mass is 10.1. The van der Waals surface area contributed by atoms with Crippen molar-refractivity contribution in [1.29, 1.82) is 0 Å². The van der Waals surface area contributed by atoms with Crippen LogP contribution in [-0.2, 0) is 0 Å². The van der Waals surface area contributed by atoms with Crippen LogP contribution in [0.4, 0.5) is 5.69 Å². The van der Waals surface area contributed by atoms with Gasteiger partial charge >= 0.3 is 0 Å². The Labute approximate surface area is 140 Å². The topological polar surface area (TPSA) is 27.3 Å². The van der Waals surface area contributed by atoms with Crippen LogP contribution >= 0.6 is 12.2 Å². The molecule has 1 aliphatic rings. The van der Waals surface area contributed by atoms with E-state index in [9.17, 15) is 0 Å². The van der Waals surface area contributed by atoms with E-state index >= 15 is 0 Å². The molecule has 0 aliphatic carbocycles. The highest BCUT2D eigenvalue weighted by molar-refractivity contribution is 7.80. The van der Waals surface area contributed by atoms with Crippen LogP contribution in [0.3, 0.4) is 0 Å². The van der Waals surface area contributed by atoms with Crippen LogP contribution in [0.5, 0.6) is 0 Å². The van der Waals surface area contributed by atoms with Gasteiger partial charge in [0.25, 0.3) is 0 Å². The number of likely N-dealkylation sites (tertiary alicyclic amines) is 1. The first-order valence-electron chi connectivity index (χ1n) is 8.49. The maximum Gasteiger partial charge on any atom is 0.170 e. The molecule has 2 rings (SSSR count). The predicted molar refractivity (Wildman–Crippen MR) is 99.7 cm³/mol. The van der Waals surface area contributed by atoms with Crippen molar-refractivity contribution < 1.29 is 0 Å². The van der Waals surface area contributed by atoms with E-state index in [2.05, 4.69) is 47.6 Å². The number of nitrogens with zero attached hydrogens (tertiary/aromatic N) is 1. The van der Waals surface area contributed by atoms with Crippen molar-refractivity contribution in [3.63, 3.8) is 0 Å². The van der Waals surface area contributed by atoms with Gasteiger partial charge in [0.1, 0.15) is 0 Å². The summed E-state index contributed by atoms with van der Waals surface area (Å²) in [6.07, 6.45) is 6.67. The molecule has 0 bridgehead atoms. The van der Waals surface area contributed by atoms with E-state index < -0.39 is 0 Å². The van der Waals surface area contributed by atoms with Crippen LogP contribution in [0.1, 0.15) is 43.2 Å². The van der Waals surface area contributed by atoms with Crippen molar-refractivity contribution >= 4 is 23.0 Å². The minimum atomic E-state index is 0.723. The first-order valence-corrected chi connectivity index (χ1v) is 8.90. The molecule has 3 nitrogen and oxygen atoms in total. The Hall–Kier alpha value is -1.13. The Morgan fingerprint density at radius 3 is 2.32 bits per heavy atom. The molecular formula is C18H29N3S. The Morgan fingerprint density at radius 1 is 1.05 bits per heavy atom. The highest BCUT2D eigenvalue weighted by Gasteiger charge is 2.08. The smallest absolute Gasteiger partial charge is 0.170 e. The van der Waals surface area contributed by atoms with Crippen LogP contribution in [0.2, 0.25) is 0 Å². The summed E-state index contributed by atoms with van der Waals surface area (Å²) in [5, 5.41) is 7.32. The zero-order valence-corrected chi connectivity index (χ0v) is 14.8. The second-order valence-electron chi connectivity index (χ2n) is 6.37. The average Bonchev–Trinajstić information content (AvgIpc) is 2.71. The molecular weight excluding hydrogens is 290 g/mol. The molecule has 1 fully saturated rings. The minimum absolute atomic E-state index is 0.723. The number of thiocarbonyl (C=S) groups is 1. The van der Waals surface area contributed by atoms with Gasteiger partial charge in [-0.1, -0.05) is 18.9 Å². The van der Waals surface area contributed by atoms with Crippen molar-refractivity contribution in [3.05, 3.63) is 29.3 Å². The normalized spacial score (nSPS) is 16.1. The van der Waals surface area contributed by atoms with Crippen molar-refractivity contribution in [3.8, 4) is 0 Å². The maximum atomic E-state index is 5.38. The first-order chi connectivity index (χ1) is 10.6. The summed E-state index contributed by atoms with van der Waals surface area (Å²) in [6, 6.07) is 6.42. The third-order valence-electron chi connectivity index (χ3n) is 4.11. The third-order valence-corrected chi connectivity index (χ3v) is 4.36. The highest BCUT2D eigenvalue weighted by Crippen LogP contribution is 2.13. The SMILES string of the molecule is Cc1cc(C)cc(NC(=S)NCCCN2CCCCCC2)c1. The van der Waals surface area contributed by atoms with Gasteiger partial charge in [-0.15, -0.1) is 0 Å². The van der Waals surface area contributed by atoms with Crippen LogP contribution < -0.4 is 10.6 Å². The lowest BCUT2D eigenvalue weighted by Gasteiger charge is -2.20. The van der Waals surface area contributed by atoms with Crippen LogP contribution in [0.15, 0.2) is 18.2 Å². The molecule has 0 spiro atoms. The molecule has 1 aromatic carbocycles. The lowest BCUT2D eigenvalue weighted by Crippen LogP contribution is -2.32. The number of hydrogen-bond acceptors (Lipinski definition) is 2. The number of nitrogens with one attached hydrogen (secondary N) is 2. The van der Waals surface area contributed by atoms with E-state index in [0.29, 0.717) is 0 Å². The molecule has 0 saturated carbocycles. The molecule has 1 aromatic rings. The van der Waals surface area contributed by atoms with E-state index in [1.165, 1.54) is 56.4 Å².